The van der Waals surface area contributed by atoms with Crippen molar-refractivity contribution in [2.24, 2.45) is 11.7 Å². The summed E-state index contributed by atoms with van der Waals surface area (Å²) in [7, 11) is 0. The SMILES string of the molecule is CCC[C@H](N)C(=O)NCC(C)CN1CCCC1. The molecule has 0 radical (unpaired) electrons. The maximum absolute atomic E-state index is 11.6. The molecule has 17 heavy (non-hydrogen) atoms. The van der Waals surface area contributed by atoms with Gasteiger partial charge in [0.2, 0.25) is 5.91 Å². The fourth-order valence-electron chi connectivity index (χ4n) is 2.32. The second-order valence-corrected chi connectivity index (χ2v) is 5.25. The molecule has 3 N–H and O–H groups in total. The fraction of sp³-hybridized carbons (Fsp3) is 0.923. The van der Waals surface area contributed by atoms with Gasteiger partial charge in [0.25, 0.3) is 0 Å². The van der Waals surface area contributed by atoms with Crippen LogP contribution < -0.4 is 11.1 Å². The van der Waals surface area contributed by atoms with E-state index in [1.165, 1.54) is 25.9 Å². The number of carbonyl (C=O) groups excluding carboxylic acids is 1. The lowest BCUT2D eigenvalue weighted by Gasteiger charge is -2.21. The van der Waals surface area contributed by atoms with E-state index in [1.54, 1.807) is 0 Å². The molecule has 0 bridgehead atoms. The quantitative estimate of drug-likeness (QED) is 0.698. The van der Waals surface area contributed by atoms with Crippen molar-refractivity contribution in [1.29, 1.82) is 0 Å². The van der Waals surface area contributed by atoms with Gasteiger partial charge < -0.3 is 16.0 Å². The molecule has 1 aliphatic heterocycles. The van der Waals surface area contributed by atoms with Gasteiger partial charge in [-0.3, -0.25) is 4.79 Å². The minimum Gasteiger partial charge on any atom is -0.354 e. The van der Waals surface area contributed by atoms with Gasteiger partial charge in [0.1, 0.15) is 0 Å². The Bertz CT molecular complexity index is 227. The maximum atomic E-state index is 11.6. The van der Waals surface area contributed by atoms with Gasteiger partial charge in [0, 0.05) is 13.1 Å². The van der Waals surface area contributed by atoms with Gasteiger partial charge >= 0.3 is 0 Å². The van der Waals surface area contributed by atoms with E-state index in [4.69, 9.17) is 5.73 Å². The molecular weight excluding hydrogens is 214 g/mol. The average Bonchev–Trinajstić information content (AvgIpc) is 2.79. The lowest BCUT2D eigenvalue weighted by Crippen LogP contribution is -2.43. The lowest BCUT2D eigenvalue weighted by molar-refractivity contribution is -0.122. The molecule has 4 heteroatoms. The van der Waals surface area contributed by atoms with E-state index in [2.05, 4.69) is 17.1 Å². The second-order valence-electron chi connectivity index (χ2n) is 5.25. The van der Waals surface area contributed by atoms with Crippen LogP contribution in [0.3, 0.4) is 0 Å². The van der Waals surface area contributed by atoms with Gasteiger partial charge in [-0.15, -0.1) is 0 Å². The number of hydrogen-bond acceptors (Lipinski definition) is 3. The van der Waals surface area contributed by atoms with E-state index in [9.17, 15) is 4.79 Å². The molecule has 1 unspecified atom stereocenters. The van der Waals surface area contributed by atoms with Crippen LogP contribution in [0.1, 0.15) is 39.5 Å². The number of nitrogens with one attached hydrogen (secondary N) is 1. The van der Waals surface area contributed by atoms with Crippen molar-refractivity contribution in [2.45, 2.75) is 45.6 Å². The molecule has 2 atom stereocenters. The van der Waals surface area contributed by atoms with Crippen LogP contribution in [0.4, 0.5) is 0 Å². The number of carbonyl (C=O) groups is 1. The predicted molar refractivity (Wildman–Crippen MR) is 70.7 cm³/mol. The molecule has 0 saturated carbocycles. The first-order chi connectivity index (χ1) is 8.13. The molecule has 0 spiro atoms. The van der Waals surface area contributed by atoms with Crippen molar-refractivity contribution in [1.82, 2.24) is 10.2 Å². The summed E-state index contributed by atoms with van der Waals surface area (Å²) in [5, 5.41) is 2.95. The van der Waals surface area contributed by atoms with Gasteiger partial charge in [-0.1, -0.05) is 20.3 Å². The second kappa shape index (κ2) is 7.67. The molecule has 1 aliphatic rings. The van der Waals surface area contributed by atoms with E-state index < -0.39 is 0 Å². The third-order valence-corrected chi connectivity index (χ3v) is 3.33. The first kappa shape index (κ1) is 14.5. The van der Waals surface area contributed by atoms with Crippen LogP contribution in [0.2, 0.25) is 0 Å². The highest BCUT2D eigenvalue weighted by Crippen LogP contribution is 2.09. The summed E-state index contributed by atoms with van der Waals surface area (Å²) >= 11 is 0. The predicted octanol–water partition coefficient (Wildman–Crippen LogP) is 0.962. The zero-order valence-corrected chi connectivity index (χ0v) is 11.2. The molecule has 1 rings (SSSR count). The Balaban J connectivity index is 2.13. The molecule has 0 aromatic carbocycles. The summed E-state index contributed by atoms with van der Waals surface area (Å²) < 4.78 is 0. The Hall–Kier alpha value is -0.610. The van der Waals surface area contributed by atoms with Crippen molar-refractivity contribution in [2.75, 3.05) is 26.2 Å². The van der Waals surface area contributed by atoms with Crippen LogP contribution in [-0.4, -0.2) is 43.0 Å². The molecular formula is C13H27N3O. The average molecular weight is 241 g/mol. The molecule has 1 heterocycles. The van der Waals surface area contributed by atoms with Crippen molar-refractivity contribution >= 4 is 5.91 Å². The van der Waals surface area contributed by atoms with Crippen molar-refractivity contribution in [3.8, 4) is 0 Å². The van der Waals surface area contributed by atoms with Gasteiger partial charge in [-0.2, -0.15) is 0 Å². The third kappa shape index (κ3) is 5.50. The van der Waals surface area contributed by atoms with Crippen LogP contribution in [-0.2, 0) is 4.79 Å². The number of amides is 1. The Morgan fingerprint density at radius 1 is 1.41 bits per heavy atom. The van der Waals surface area contributed by atoms with Crippen LogP contribution >= 0.6 is 0 Å². The maximum Gasteiger partial charge on any atom is 0.236 e. The number of hydrogen-bond donors (Lipinski definition) is 2. The summed E-state index contributed by atoms with van der Waals surface area (Å²) in [6, 6.07) is -0.334. The minimum atomic E-state index is -0.334. The van der Waals surface area contributed by atoms with E-state index in [-0.39, 0.29) is 11.9 Å². The van der Waals surface area contributed by atoms with Crippen LogP contribution in [0.25, 0.3) is 0 Å². The van der Waals surface area contributed by atoms with Crippen molar-refractivity contribution in [3.05, 3.63) is 0 Å². The van der Waals surface area contributed by atoms with Gasteiger partial charge in [0.15, 0.2) is 0 Å². The van der Waals surface area contributed by atoms with Gasteiger partial charge in [0.05, 0.1) is 6.04 Å². The molecule has 0 aromatic rings. The highest BCUT2D eigenvalue weighted by atomic mass is 16.2. The summed E-state index contributed by atoms with van der Waals surface area (Å²) in [5.41, 5.74) is 5.76. The number of nitrogens with two attached hydrogens (primary N) is 1. The van der Waals surface area contributed by atoms with E-state index in [1.807, 2.05) is 6.92 Å². The molecule has 1 saturated heterocycles. The van der Waals surface area contributed by atoms with E-state index in [0.29, 0.717) is 5.92 Å². The molecule has 1 fully saturated rings. The minimum absolute atomic E-state index is 0.000113. The van der Waals surface area contributed by atoms with Crippen molar-refractivity contribution < 1.29 is 4.79 Å². The Morgan fingerprint density at radius 2 is 2.06 bits per heavy atom. The van der Waals surface area contributed by atoms with E-state index in [0.717, 1.165) is 25.9 Å². The molecule has 100 valence electrons. The first-order valence-corrected chi connectivity index (χ1v) is 6.89. The highest BCUT2D eigenvalue weighted by molar-refractivity contribution is 5.81. The van der Waals surface area contributed by atoms with Gasteiger partial charge in [-0.25, -0.2) is 0 Å². The molecule has 0 aromatic heterocycles. The molecule has 0 aliphatic carbocycles. The van der Waals surface area contributed by atoms with Crippen LogP contribution in [0.5, 0.6) is 0 Å². The van der Waals surface area contributed by atoms with Crippen molar-refractivity contribution in [3.63, 3.8) is 0 Å². The normalized spacial score (nSPS) is 20.2. The highest BCUT2D eigenvalue weighted by Gasteiger charge is 2.16. The fourth-order valence-corrected chi connectivity index (χ4v) is 2.32. The summed E-state index contributed by atoms with van der Waals surface area (Å²) in [4.78, 5) is 14.1. The number of likely N-dealkylation sites (tertiary alicyclic amines) is 1. The topological polar surface area (TPSA) is 58.4 Å². The first-order valence-electron chi connectivity index (χ1n) is 6.89. The molecule has 4 nitrogen and oxygen atoms in total. The summed E-state index contributed by atoms with van der Waals surface area (Å²) in [5.74, 6) is 0.506. The zero-order chi connectivity index (χ0) is 12.7. The monoisotopic (exact) mass is 241 g/mol. The molecule has 1 amide bonds. The van der Waals surface area contributed by atoms with Gasteiger partial charge in [-0.05, 0) is 38.3 Å². The Kier molecular flexibility index (Phi) is 6.52. The summed E-state index contributed by atoms with van der Waals surface area (Å²) in [6.45, 7) is 8.49. The Labute approximate surface area is 105 Å². The van der Waals surface area contributed by atoms with E-state index >= 15 is 0 Å². The number of rotatable bonds is 7. The van der Waals surface area contributed by atoms with Crippen LogP contribution in [0, 0.1) is 5.92 Å². The lowest BCUT2D eigenvalue weighted by atomic mass is 10.1. The number of nitrogens with zero attached hydrogens (tertiary/aromatic N) is 1. The summed E-state index contributed by atoms with van der Waals surface area (Å²) in [6.07, 6.45) is 4.37. The largest absolute Gasteiger partial charge is 0.354 e. The van der Waals surface area contributed by atoms with Crippen LogP contribution in [0.15, 0.2) is 0 Å². The smallest absolute Gasteiger partial charge is 0.236 e. The zero-order valence-electron chi connectivity index (χ0n) is 11.2. The third-order valence-electron chi connectivity index (χ3n) is 3.33. The standard InChI is InChI=1S/C13H27N3O/c1-3-6-12(14)13(17)15-9-11(2)10-16-7-4-5-8-16/h11-12H,3-10,14H2,1-2H3,(H,15,17)/t11?,12-/m0/s1. The Morgan fingerprint density at radius 3 is 2.65 bits per heavy atom.